The molecule has 0 spiro atoms. The van der Waals surface area contributed by atoms with Gasteiger partial charge in [0, 0.05) is 0 Å². The maximum absolute atomic E-state index is 12.2. The fourth-order valence-corrected chi connectivity index (χ4v) is 2.63. The molecule has 3 heterocycles. The summed E-state index contributed by atoms with van der Waals surface area (Å²) >= 11 is 0. The van der Waals surface area contributed by atoms with E-state index in [0.29, 0.717) is 6.61 Å². The zero-order valence-corrected chi connectivity index (χ0v) is 14.6. The molecule has 0 aliphatic carbocycles. The molecule has 0 amide bonds. The third-order valence-electron chi connectivity index (χ3n) is 3.94. The Balaban J connectivity index is 2.05. The second-order valence-electron chi connectivity index (χ2n) is 7.46. The summed E-state index contributed by atoms with van der Waals surface area (Å²) in [5.41, 5.74) is 5.40. The van der Waals surface area contributed by atoms with Gasteiger partial charge in [-0.1, -0.05) is 20.8 Å². The molecule has 4 atom stereocenters. The molecular formula is C15H23N5O5. The molecule has 0 bridgehead atoms. The topological polar surface area (TPSA) is 149 Å². The number of nitrogens with zero attached hydrogens (tertiary/aromatic N) is 3. The Bertz CT molecular complexity index is 839. The van der Waals surface area contributed by atoms with Crippen molar-refractivity contribution in [2.24, 2.45) is 5.41 Å². The molecule has 1 aliphatic heterocycles. The fourth-order valence-electron chi connectivity index (χ4n) is 2.63. The molecule has 3 rings (SSSR count). The van der Waals surface area contributed by atoms with E-state index in [1.165, 1.54) is 4.68 Å². The second kappa shape index (κ2) is 5.97. The van der Waals surface area contributed by atoms with Crippen LogP contribution in [0.2, 0.25) is 0 Å². The minimum absolute atomic E-state index is 0.0220. The van der Waals surface area contributed by atoms with Crippen LogP contribution in [0.25, 0.3) is 11.0 Å². The lowest BCUT2D eigenvalue weighted by molar-refractivity contribution is -0.0375. The van der Waals surface area contributed by atoms with Crippen LogP contribution >= 0.6 is 0 Å². The van der Waals surface area contributed by atoms with Gasteiger partial charge in [0.15, 0.2) is 11.9 Å². The van der Waals surface area contributed by atoms with Gasteiger partial charge in [0.2, 0.25) is 0 Å². The van der Waals surface area contributed by atoms with Gasteiger partial charge in [-0.3, -0.25) is 9.89 Å². The molecule has 1 fully saturated rings. The van der Waals surface area contributed by atoms with Crippen LogP contribution in [0.3, 0.4) is 0 Å². The number of anilines is 1. The molecule has 2 aromatic rings. The average molecular weight is 353 g/mol. The Morgan fingerprint density at radius 1 is 1.32 bits per heavy atom. The molecule has 25 heavy (non-hydrogen) atoms. The van der Waals surface area contributed by atoms with Crippen molar-refractivity contribution in [1.82, 2.24) is 19.7 Å². The summed E-state index contributed by atoms with van der Waals surface area (Å²) in [4.78, 5) is 20.4. The number of aliphatic hydroxyl groups excluding tert-OH is 2. The number of ether oxygens (including phenoxy) is 2. The predicted octanol–water partition coefficient (Wildman–Crippen LogP) is -0.234. The van der Waals surface area contributed by atoms with Crippen LogP contribution in [0.15, 0.2) is 4.79 Å². The standard InChI is InChI=1S/C15H23N5O5/c1-6-8(21)9(22)13(25-6)20-11-7(12(23)19-20)10(16)17-14(18-11)24-5-15(2,3)4/h6,8-9,13,21-22H,5H2,1-4H3,(H,19,23)(H2,16,17,18)/t6-,8-,9-,13-/m1/s1. The van der Waals surface area contributed by atoms with Crippen LogP contribution in [0.4, 0.5) is 5.82 Å². The van der Waals surface area contributed by atoms with Crippen LogP contribution in [-0.2, 0) is 4.74 Å². The van der Waals surface area contributed by atoms with E-state index in [-0.39, 0.29) is 28.3 Å². The number of nitrogens with one attached hydrogen (secondary N) is 1. The molecule has 0 aromatic carbocycles. The maximum Gasteiger partial charge on any atom is 0.320 e. The lowest BCUT2D eigenvalue weighted by atomic mass is 9.99. The van der Waals surface area contributed by atoms with Gasteiger partial charge in [0.25, 0.3) is 5.56 Å². The summed E-state index contributed by atoms with van der Waals surface area (Å²) < 4.78 is 12.4. The highest BCUT2D eigenvalue weighted by Crippen LogP contribution is 2.31. The van der Waals surface area contributed by atoms with E-state index in [9.17, 15) is 15.0 Å². The van der Waals surface area contributed by atoms with Crippen LogP contribution < -0.4 is 16.0 Å². The number of rotatable bonds is 3. The highest BCUT2D eigenvalue weighted by atomic mass is 16.6. The first kappa shape index (κ1) is 17.6. The Morgan fingerprint density at radius 2 is 2.00 bits per heavy atom. The number of nitrogen functional groups attached to an aromatic ring is 1. The summed E-state index contributed by atoms with van der Waals surface area (Å²) in [6.07, 6.45) is -3.91. The number of aliphatic hydroxyl groups is 2. The highest BCUT2D eigenvalue weighted by molar-refractivity contribution is 5.85. The number of H-pyrrole nitrogens is 1. The molecule has 10 nitrogen and oxygen atoms in total. The van der Waals surface area contributed by atoms with Crippen molar-refractivity contribution in [3.8, 4) is 6.01 Å². The van der Waals surface area contributed by atoms with Gasteiger partial charge in [-0.25, -0.2) is 4.68 Å². The van der Waals surface area contributed by atoms with Gasteiger partial charge in [-0.05, 0) is 12.3 Å². The van der Waals surface area contributed by atoms with Gasteiger partial charge >= 0.3 is 6.01 Å². The zero-order chi connectivity index (χ0) is 18.5. The number of aromatic nitrogens is 4. The van der Waals surface area contributed by atoms with Crippen LogP contribution in [0, 0.1) is 5.41 Å². The van der Waals surface area contributed by atoms with Gasteiger partial charge in [0.1, 0.15) is 23.4 Å². The van der Waals surface area contributed by atoms with E-state index in [2.05, 4.69) is 15.1 Å². The monoisotopic (exact) mass is 353 g/mol. The Kier molecular flexibility index (Phi) is 4.21. The first-order chi connectivity index (χ1) is 11.6. The molecule has 5 N–H and O–H groups in total. The van der Waals surface area contributed by atoms with E-state index >= 15 is 0 Å². The van der Waals surface area contributed by atoms with Crippen LogP contribution in [-0.4, -0.2) is 54.9 Å². The van der Waals surface area contributed by atoms with Crippen molar-refractivity contribution in [3.05, 3.63) is 10.4 Å². The predicted molar refractivity (Wildman–Crippen MR) is 89.1 cm³/mol. The molecule has 138 valence electrons. The molecule has 1 saturated heterocycles. The summed E-state index contributed by atoms with van der Waals surface area (Å²) in [6.45, 7) is 7.95. The number of aromatic amines is 1. The lowest BCUT2D eigenvalue weighted by Crippen LogP contribution is -2.31. The molecule has 0 saturated carbocycles. The van der Waals surface area contributed by atoms with Crippen molar-refractivity contribution in [2.45, 2.75) is 52.2 Å². The third kappa shape index (κ3) is 3.20. The summed E-state index contributed by atoms with van der Waals surface area (Å²) in [5.74, 6) is -0.0324. The molecule has 10 heteroatoms. The van der Waals surface area contributed by atoms with Crippen molar-refractivity contribution in [1.29, 1.82) is 0 Å². The van der Waals surface area contributed by atoms with Gasteiger partial charge in [0.05, 0.1) is 12.7 Å². The largest absolute Gasteiger partial charge is 0.463 e. The quantitative estimate of drug-likeness (QED) is 0.591. The fraction of sp³-hybridized carbons (Fsp3) is 0.667. The smallest absolute Gasteiger partial charge is 0.320 e. The van der Waals surface area contributed by atoms with E-state index < -0.39 is 30.1 Å². The third-order valence-corrected chi connectivity index (χ3v) is 3.94. The molecular weight excluding hydrogens is 330 g/mol. The summed E-state index contributed by atoms with van der Waals surface area (Å²) in [7, 11) is 0. The second-order valence-corrected chi connectivity index (χ2v) is 7.46. The van der Waals surface area contributed by atoms with Crippen molar-refractivity contribution >= 4 is 16.9 Å². The molecule has 0 unspecified atom stereocenters. The Labute approximate surface area is 143 Å². The minimum Gasteiger partial charge on any atom is -0.463 e. The van der Waals surface area contributed by atoms with E-state index in [0.717, 1.165) is 0 Å². The number of hydrogen-bond acceptors (Lipinski definition) is 8. The van der Waals surface area contributed by atoms with E-state index in [4.69, 9.17) is 15.2 Å². The first-order valence-electron chi connectivity index (χ1n) is 8.00. The molecule has 1 aliphatic rings. The minimum atomic E-state index is -1.23. The average Bonchev–Trinajstić information content (AvgIpc) is 2.97. The molecule has 0 radical (unpaired) electrons. The summed E-state index contributed by atoms with van der Waals surface area (Å²) in [6, 6.07) is 0.0220. The van der Waals surface area contributed by atoms with Crippen LogP contribution in [0.1, 0.15) is 33.9 Å². The number of fused-ring (bicyclic) bond motifs is 1. The zero-order valence-electron chi connectivity index (χ0n) is 14.6. The lowest BCUT2D eigenvalue weighted by Gasteiger charge is -2.18. The normalized spacial score (nSPS) is 27.1. The van der Waals surface area contributed by atoms with E-state index in [1.54, 1.807) is 6.92 Å². The van der Waals surface area contributed by atoms with Gasteiger partial charge in [-0.2, -0.15) is 9.97 Å². The van der Waals surface area contributed by atoms with E-state index in [1.807, 2.05) is 20.8 Å². The van der Waals surface area contributed by atoms with Gasteiger partial charge in [-0.15, -0.1) is 0 Å². The summed E-state index contributed by atoms with van der Waals surface area (Å²) in [5, 5.41) is 22.7. The Morgan fingerprint density at radius 3 is 2.56 bits per heavy atom. The van der Waals surface area contributed by atoms with Crippen molar-refractivity contribution < 1.29 is 19.7 Å². The maximum atomic E-state index is 12.2. The van der Waals surface area contributed by atoms with Gasteiger partial charge < -0.3 is 25.4 Å². The Hall–Kier alpha value is -2.17. The highest BCUT2D eigenvalue weighted by Gasteiger charge is 2.42. The number of hydrogen-bond donors (Lipinski definition) is 4. The van der Waals surface area contributed by atoms with Crippen molar-refractivity contribution in [2.75, 3.05) is 12.3 Å². The van der Waals surface area contributed by atoms with Crippen LogP contribution in [0.5, 0.6) is 6.01 Å². The number of nitrogens with two attached hydrogens (primary N) is 1. The molecule has 2 aromatic heterocycles. The SMILES string of the molecule is C[C@H]1O[C@@H](n2[nH]c(=O)c3c(N)nc(OCC(C)(C)C)nc32)[C@H](O)[C@@H]1O. The van der Waals surface area contributed by atoms with Crippen molar-refractivity contribution in [3.63, 3.8) is 0 Å². The first-order valence-corrected chi connectivity index (χ1v) is 8.00.